The third kappa shape index (κ3) is 2.74. The molecule has 0 spiro atoms. The van der Waals surface area contributed by atoms with Gasteiger partial charge in [-0.05, 0) is 26.0 Å². The third-order valence-corrected chi connectivity index (χ3v) is 6.21. The number of nitrogens with zero attached hydrogens (tertiary/aromatic N) is 2. The molecule has 2 aliphatic heterocycles. The maximum absolute atomic E-state index is 12.6. The number of hydrogen-bond acceptors (Lipinski definition) is 6. The molecule has 1 amide bonds. The maximum atomic E-state index is 12.6. The number of hydrogen-bond donors (Lipinski definition) is 2. The number of anilines is 1. The van der Waals surface area contributed by atoms with Gasteiger partial charge in [0.2, 0.25) is 0 Å². The zero-order valence-corrected chi connectivity index (χ0v) is 14.9. The first kappa shape index (κ1) is 16.0. The molecule has 26 heavy (non-hydrogen) atoms. The molecular formula is C18H19N3O4S. The van der Waals surface area contributed by atoms with E-state index < -0.39 is 23.6 Å². The van der Waals surface area contributed by atoms with Crippen molar-refractivity contribution in [3.05, 3.63) is 58.1 Å². The molecule has 3 heterocycles. The molecule has 4 atom stereocenters. The number of aryl methyl sites for hydroxylation is 1. The van der Waals surface area contributed by atoms with Gasteiger partial charge in [0.05, 0.1) is 11.4 Å². The third-order valence-electron chi connectivity index (χ3n) is 4.68. The Balaban J connectivity index is 1.60. The fourth-order valence-electron chi connectivity index (χ4n) is 3.22. The van der Waals surface area contributed by atoms with Crippen LogP contribution in [-0.2, 0) is 4.74 Å². The summed E-state index contributed by atoms with van der Waals surface area (Å²) >= 11 is 1.50. The Labute approximate surface area is 155 Å². The second kappa shape index (κ2) is 6.22. The number of fused-ring (bicyclic) bond motifs is 2. The molecule has 136 valence electrons. The fraction of sp³-hybridized carbons (Fsp3) is 0.389. The van der Waals surface area contributed by atoms with Crippen LogP contribution in [-0.4, -0.2) is 43.3 Å². The average Bonchev–Trinajstić information content (AvgIpc) is 3.15. The molecule has 2 bridgehead atoms. The summed E-state index contributed by atoms with van der Waals surface area (Å²) in [4.78, 5) is 28.9. The Kier molecular flexibility index (Phi) is 3.84. The standard InChI is InChI=1S/C18H19N3O4S/c1-10-8-21(16-12-13(22)18(2,25-16)9-26-12)17(24)20-14(10)19-15(23)11-6-4-3-5-7-11/h3-8,12-13,16,22H,9H2,1-2H3,(H,19,20,23,24)/t12-,13+,16-,18+/m1/s1/i2D. The summed E-state index contributed by atoms with van der Waals surface area (Å²) in [5.41, 5.74) is -0.441. The van der Waals surface area contributed by atoms with Gasteiger partial charge in [-0.2, -0.15) is 4.98 Å². The molecule has 4 rings (SSSR count). The van der Waals surface area contributed by atoms with E-state index in [-0.39, 0.29) is 23.9 Å². The number of carbonyl (C=O) groups is 1. The SMILES string of the molecule is [2H]C[C@@]12CS[C@@H]([C@H](n3cc(C)c(NC(=O)c4ccccc4)nc3=O)O1)[C@@H]2O. The molecule has 2 fully saturated rings. The van der Waals surface area contributed by atoms with Crippen LogP contribution in [0.25, 0.3) is 0 Å². The van der Waals surface area contributed by atoms with Gasteiger partial charge in [-0.3, -0.25) is 9.36 Å². The zero-order chi connectivity index (χ0) is 19.2. The van der Waals surface area contributed by atoms with Crippen molar-refractivity contribution in [2.45, 2.75) is 37.0 Å². The quantitative estimate of drug-likeness (QED) is 0.847. The molecule has 8 heteroatoms. The van der Waals surface area contributed by atoms with E-state index in [0.29, 0.717) is 16.9 Å². The number of benzene rings is 1. The van der Waals surface area contributed by atoms with Gasteiger partial charge >= 0.3 is 5.69 Å². The normalized spacial score (nSPS) is 30.2. The maximum Gasteiger partial charge on any atom is 0.351 e. The first-order chi connectivity index (χ1) is 12.9. The molecule has 2 aliphatic rings. The lowest BCUT2D eigenvalue weighted by Gasteiger charge is -2.28. The molecule has 2 N–H and O–H groups in total. The number of carbonyl (C=O) groups excluding carboxylic acids is 1. The van der Waals surface area contributed by atoms with E-state index in [1.54, 1.807) is 37.4 Å². The summed E-state index contributed by atoms with van der Waals surface area (Å²) in [5, 5.41) is 12.7. The lowest BCUT2D eigenvalue weighted by molar-refractivity contribution is -0.0777. The first-order valence-corrected chi connectivity index (χ1v) is 9.23. The number of thioether (sulfide) groups is 1. The highest BCUT2D eigenvalue weighted by Gasteiger charge is 2.58. The van der Waals surface area contributed by atoms with Crippen LogP contribution in [0.4, 0.5) is 5.82 Å². The van der Waals surface area contributed by atoms with E-state index in [2.05, 4.69) is 10.3 Å². The average molecular weight is 374 g/mol. The van der Waals surface area contributed by atoms with Crippen molar-refractivity contribution in [1.29, 1.82) is 0 Å². The van der Waals surface area contributed by atoms with Crippen molar-refractivity contribution < 1.29 is 16.0 Å². The number of amides is 1. The summed E-state index contributed by atoms with van der Waals surface area (Å²) in [6.45, 7) is 1.67. The van der Waals surface area contributed by atoms with Gasteiger partial charge in [0, 0.05) is 24.4 Å². The Hall–Kier alpha value is -2.16. The fourth-order valence-corrected chi connectivity index (χ4v) is 4.72. The smallest absolute Gasteiger partial charge is 0.351 e. The summed E-state index contributed by atoms with van der Waals surface area (Å²) < 4.78 is 14.9. The van der Waals surface area contributed by atoms with Crippen molar-refractivity contribution in [2.75, 3.05) is 11.1 Å². The van der Waals surface area contributed by atoms with Crippen LogP contribution in [0.1, 0.15) is 30.4 Å². The van der Waals surface area contributed by atoms with Crippen molar-refractivity contribution >= 4 is 23.5 Å². The second-order valence-corrected chi connectivity index (χ2v) is 7.74. The van der Waals surface area contributed by atoms with E-state index in [9.17, 15) is 14.7 Å². The molecule has 1 aromatic carbocycles. The minimum Gasteiger partial charge on any atom is -0.389 e. The summed E-state index contributed by atoms with van der Waals surface area (Å²) in [6, 6.07) is 8.67. The van der Waals surface area contributed by atoms with Crippen LogP contribution >= 0.6 is 11.8 Å². The second-order valence-electron chi connectivity index (χ2n) is 6.58. The van der Waals surface area contributed by atoms with Gasteiger partial charge < -0.3 is 15.2 Å². The summed E-state index contributed by atoms with van der Waals surface area (Å²) in [7, 11) is 0. The van der Waals surface area contributed by atoms with Gasteiger partial charge in [0.25, 0.3) is 5.91 Å². The predicted octanol–water partition coefficient (Wildman–Crippen LogP) is 1.57. The number of aliphatic hydroxyl groups is 1. The van der Waals surface area contributed by atoms with E-state index in [1.165, 1.54) is 16.3 Å². The van der Waals surface area contributed by atoms with Crippen molar-refractivity contribution in [3.8, 4) is 0 Å². The minimum absolute atomic E-state index is 0.0689. The van der Waals surface area contributed by atoms with Gasteiger partial charge in [-0.1, -0.05) is 18.2 Å². The van der Waals surface area contributed by atoms with E-state index in [0.717, 1.165) is 0 Å². The summed E-state index contributed by atoms with van der Waals surface area (Å²) in [5.74, 6) is 0.376. The van der Waals surface area contributed by atoms with E-state index >= 15 is 0 Å². The van der Waals surface area contributed by atoms with Crippen LogP contribution in [0.5, 0.6) is 0 Å². The van der Waals surface area contributed by atoms with Gasteiger partial charge in [0.15, 0.2) is 6.23 Å². The largest absolute Gasteiger partial charge is 0.389 e. The Bertz CT molecular complexity index is 938. The van der Waals surface area contributed by atoms with Gasteiger partial charge in [-0.15, -0.1) is 11.8 Å². The lowest BCUT2D eigenvalue weighted by atomic mass is 10.0. The Morgan fingerprint density at radius 2 is 2.27 bits per heavy atom. The van der Waals surface area contributed by atoms with Gasteiger partial charge in [-0.25, -0.2) is 4.79 Å². The monoisotopic (exact) mass is 374 g/mol. The van der Waals surface area contributed by atoms with Crippen LogP contribution in [0.3, 0.4) is 0 Å². The number of aromatic nitrogens is 2. The molecular weight excluding hydrogens is 354 g/mol. The highest BCUT2D eigenvalue weighted by molar-refractivity contribution is 8.00. The molecule has 2 saturated heterocycles. The highest BCUT2D eigenvalue weighted by Crippen LogP contribution is 2.51. The van der Waals surface area contributed by atoms with Crippen molar-refractivity contribution in [1.82, 2.24) is 9.55 Å². The van der Waals surface area contributed by atoms with Crippen LogP contribution < -0.4 is 11.0 Å². The molecule has 0 unspecified atom stereocenters. The van der Waals surface area contributed by atoms with Crippen molar-refractivity contribution in [3.63, 3.8) is 0 Å². The van der Waals surface area contributed by atoms with E-state index in [1.807, 2.05) is 6.07 Å². The molecule has 1 aromatic heterocycles. The first-order valence-electron chi connectivity index (χ1n) is 8.89. The predicted molar refractivity (Wildman–Crippen MR) is 98.4 cm³/mol. The number of ether oxygens (including phenoxy) is 1. The molecule has 0 saturated carbocycles. The molecule has 0 aliphatic carbocycles. The van der Waals surface area contributed by atoms with Gasteiger partial charge in [0.1, 0.15) is 11.4 Å². The zero-order valence-electron chi connectivity index (χ0n) is 15.1. The number of rotatable bonds is 3. The lowest BCUT2D eigenvalue weighted by Crippen LogP contribution is -2.37. The molecule has 7 nitrogen and oxygen atoms in total. The summed E-state index contributed by atoms with van der Waals surface area (Å²) in [6.07, 6.45) is 0.100. The van der Waals surface area contributed by atoms with Crippen molar-refractivity contribution in [2.24, 2.45) is 0 Å². The van der Waals surface area contributed by atoms with E-state index in [4.69, 9.17) is 6.11 Å². The Morgan fingerprint density at radius 3 is 2.96 bits per heavy atom. The minimum atomic E-state index is -0.937. The van der Waals surface area contributed by atoms with Crippen LogP contribution in [0.2, 0.25) is 0 Å². The number of nitrogens with one attached hydrogen (secondary N) is 1. The topological polar surface area (TPSA) is 93.5 Å². The Morgan fingerprint density at radius 1 is 1.50 bits per heavy atom. The highest BCUT2D eigenvalue weighted by atomic mass is 32.2. The molecule has 0 radical (unpaired) electrons. The molecule has 2 aromatic rings. The van der Waals surface area contributed by atoms with Crippen LogP contribution in [0, 0.1) is 6.92 Å². The number of aliphatic hydroxyl groups excluding tert-OH is 1. The van der Waals surface area contributed by atoms with Crippen LogP contribution in [0.15, 0.2) is 41.3 Å².